The minimum absolute atomic E-state index is 0.00116. The van der Waals surface area contributed by atoms with Crippen molar-refractivity contribution in [1.82, 2.24) is 4.72 Å². The van der Waals surface area contributed by atoms with Crippen molar-refractivity contribution in [2.24, 2.45) is 5.84 Å². The molecule has 0 atom stereocenters. The predicted octanol–water partition coefficient (Wildman–Crippen LogP) is 0.398. The van der Waals surface area contributed by atoms with E-state index in [1.165, 1.54) is 0 Å². The Morgan fingerprint density at radius 3 is 2.65 bits per heavy atom. The molecule has 9 nitrogen and oxygen atoms in total. The molecule has 0 bridgehead atoms. The van der Waals surface area contributed by atoms with Crippen LogP contribution in [0.15, 0.2) is 10.3 Å². The van der Waals surface area contributed by atoms with Gasteiger partial charge in [-0.3, -0.25) is 10.1 Å². The van der Waals surface area contributed by atoms with E-state index in [0.717, 1.165) is 17.4 Å². The molecule has 0 saturated heterocycles. The number of hydrogen-bond acceptors (Lipinski definition) is 8. The van der Waals surface area contributed by atoms with Crippen LogP contribution >= 0.6 is 11.3 Å². The van der Waals surface area contributed by atoms with Crippen molar-refractivity contribution >= 4 is 32.0 Å². The molecular formula is C9H14N4O5S2. The van der Waals surface area contributed by atoms with Crippen LogP contribution in [0.1, 0.15) is 12.8 Å². The van der Waals surface area contributed by atoms with E-state index in [2.05, 4.69) is 10.1 Å². The zero-order chi connectivity index (χ0) is 14.9. The quantitative estimate of drug-likeness (QED) is 0.391. The molecule has 1 heterocycles. The number of sulfonamides is 1. The van der Waals surface area contributed by atoms with Gasteiger partial charge in [0.05, 0.1) is 11.0 Å². The number of nitro groups is 1. The number of nitrogens with zero attached hydrogens (tertiary/aromatic N) is 1. The molecule has 1 aromatic heterocycles. The summed E-state index contributed by atoms with van der Waals surface area (Å²) >= 11 is 0.718. The van der Waals surface area contributed by atoms with E-state index >= 15 is 0 Å². The average molecular weight is 322 g/mol. The van der Waals surface area contributed by atoms with Crippen LogP contribution in [0.3, 0.4) is 0 Å². The van der Waals surface area contributed by atoms with Gasteiger partial charge in [-0.05, 0) is 12.8 Å². The summed E-state index contributed by atoms with van der Waals surface area (Å²) in [5, 5.41) is 10.8. The van der Waals surface area contributed by atoms with E-state index in [4.69, 9.17) is 10.6 Å². The molecule has 20 heavy (non-hydrogen) atoms. The van der Waals surface area contributed by atoms with Crippen molar-refractivity contribution in [2.75, 3.05) is 12.5 Å². The van der Waals surface area contributed by atoms with E-state index in [-0.39, 0.29) is 27.0 Å². The topological polar surface area (TPSA) is 137 Å². The third-order valence-corrected chi connectivity index (χ3v) is 6.08. The number of nitrogens with two attached hydrogens (primary N) is 1. The summed E-state index contributed by atoms with van der Waals surface area (Å²) in [7, 11) is -2.22. The van der Waals surface area contributed by atoms with Gasteiger partial charge in [0.1, 0.15) is 4.21 Å². The monoisotopic (exact) mass is 322 g/mol. The maximum Gasteiger partial charge on any atom is 0.306 e. The number of ether oxygens (including phenoxy) is 1. The molecule has 2 rings (SSSR count). The standard InChI is InChI=1S/C9H14N4O5S2/c1-18-6-2-5(3-6)12-20(16,17)8-4-7(13(14)15)9(11-10)19-8/h4-6,11-12H,2-3,10H2,1H3. The van der Waals surface area contributed by atoms with Gasteiger partial charge in [0.25, 0.3) is 10.0 Å². The smallest absolute Gasteiger partial charge is 0.306 e. The van der Waals surface area contributed by atoms with Crippen molar-refractivity contribution in [2.45, 2.75) is 29.2 Å². The number of rotatable bonds is 6. The fourth-order valence-corrected chi connectivity index (χ4v) is 4.38. The first-order valence-corrected chi connectivity index (χ1v) is 7.97. The molecule has 0 unspecified atom stereocenters. The Labute approximate surface area is 119 Å². The highest BCUT2D eigenvalue weighted by Gasteiger charge is 2.34. The Morgan fingerprint density at radius 2 is 2.20 bits per heavy atom. The van der Waals surface area contributed by atoms with Crippen molar-refractivity contribution < 1.29 is 18.1 Å². The molecule has 0 aromatic carbocycles. The number of hydrogen-bond donors (Lipinski definition) is 3. The van der Waals surface area contributed by atoms with Crippen LogP contribution in [0.25, 0.3) is 0 Å². The maximum absolute atomic E-state index is 12.1. The first-order chi connectivity index (χ1) is 9.37. The second-order valence-electron chi connectivity index (χ2n) is 4.33. The number of nitrogens with one attached hydrogen (secondary N) is 2. The van der Waals surface area contributed by atoms with E-state index < -0.39 is 14.9 Å². The van der Waals surface area contributed by atoms with Crippen LogP contribution in [0.4, 0.5) is 10.7 Å². The van der Waals surface area contributed by atoms with Gasteiger partial charge in [-0.2, -0.15) is 0 Å². The molecule has 0 spiro atoms. The molecule has 1 fully saturated rings. The Balaban J connectivity index is 2.16. The third-order valence-electron chi connectivity index (χ3n) is 3.03. The fourth-order valence-electron chi connectivity index (χ4n) is 1.86. The zero-order valence-corrected chi connectivity index (χ0v) is 12.2. The molecule has 1 aliphatic carbocycles. The third kappa shape index (κ3) is 2.91. The summed E-state index contributed by atoms with van der Waals surface area (Å²) in [6.07, 6.45) is 1.23. The zero-order valence-electron chi connectivity index (χ0n) is 10.5. The minimum Gasteiger partial charge on any atom is -0.381 e. The van der Waals surface area contributed by atoms with Crippen LogP contribution in [-0.2, 0) is 14.8 Å². The molecule has 0 aliphatic heterocycles. The van der Waals surface area contributed by atoms with Crippen molar-refractivity contribution in [3.63, 3.8) is 0 Å². The Bertz CT molecular complexity index is 608. The SMILES string of the molecule is COC1CC(NS(=O)(=O)c2cc([N+](=O)[O-])c(NN)s2)C1. The normalized spacial score (nSPS) is 22.3. The fraction of sp³-hybridized carbons (Fsp3) is 0.556. The highest BCUT2D eigenvalue weighted by atomic mass is 32.2. The number of methoxy groups -OCH3 is 1. The van der Waals surface area contributed by atoms with E-state index in [9.17, 15) is 18.5 Å². The van der Waals surface area contributed by atoms with Crippen molar-refractivity contribution in [3.8, 4) is 0 Å². The molecule has 1 saturated carbocycles. The van der Waals surface area contributed by atoms with E-state index in [1.54, 1.807) is 7.11 Å². The second kappa shape index (κ2) is 5.61. The lowest BCUT2D eigenvalue weighted by molar-refractivity contribution is -0.383. The molecule has 0 amide bonds. The van der Waals surface area contributed by atoms with Crippen LogP contribution in [-0.4, -0.2) is 32.6 Å². The van der Waals surface area contributed by atoms with Crippen LogP contribution in [0.2, 0.25) is 0 Å². The highest BCUT2D eigenvalue weighted by molar-refractivity contribution is 7.91. The summed E-state index contributed by atoms with van der Waals surface area (Å²) in [6.45, 7) is 0. The van der Waals surface area contributed by atoms with E-state index in [0.29, 0.717) is 12.8 Å². The average Bonchev–Trinajstić information content (AvgIpc) is 2.78. The van der Waals surface area contributed by atoms with Gasteiger partial charge in [0.2, 0.25) is 0 Å². The number of hydrazine groups is 1. The summed E-state index contributed by atoms with van der Waals surface area (Å²) in [5.41, 5.74) is 1.77. The van der Waals surface area contributed by atoms with Gasteiger partial charge >= 0.3 is 5.69 Å². The lowest BCUT2D eigenvalue weighted by Gasteiger charge is -2.34. The number of nitrogen functional groups attached to an aromatic ring is 1. The van der Waals surface area contributed by atoms with Crippen LogP contribution in [0.5, 0.6) is 0 Å². The van der Waals surface area contributed by atoms with Crippen molar-refractivity contribution in [3.05, 3.63) is 16.2 Å². The molecule has 0 radical (unpaired) electrons. The summed E-state index contributed by atoms with van der Waals surface area (Å²) in [6, 6.07) is 0.787. The van der Waals surface area contributed by atoms with E-state index in [1.807, 2.05) is 0 Å². The van der Waals surface area contributed by atoms with Gasteiger partial charge in [-0.15, -0.1) is 0 Å². The Hall–Kier alpha value is -1.27. The lowest BCUT2D eigenvalue weighted by Crippen LogP contribution is -2.47. The van der Waals surface area contributed by atoms with Crippen LogP contribution in [0, 0.1) is 10.1 Å². The largest absolute Gasteiger partial charge is 0.381 e. The number of anilines is 1. The first kappa shape index (κ1) is 15.1. The maximum atomic E-state index is 12.1. The van der Waals surface area contributed by atoms with Gasteiger partial charge < -0.3 is 10.2 Å². The van der Waals surface area contributed by atoms with Gasteiger partial charge in [-0.1, -0.05) is 11.3 Å². The lowest BCUT2D eigenvalue weighted by atomic mass is 9.90. The first-order valence-electron chi connectivity index (χ1n) is 5.67. The van der Waals surface area contributed by atoms with Gasteiger partial charge in [-0.25, -0.2) is 19.0 Å². The predicted molar refractivity (Wildman–Crippen MR) is 72.9 cm³/mol. The molecule has 1 aliphatic rings. The minimum atomic E-state index is -3.78. The summed E-state index contributed by atoms with van der Waals surface area (Å²) in [4.78, 5) is 10.1. The highest BCUT2D eigenvalue weighted by Crippen LogP contribution is 2.36. The number of thiophene rings is 1. The molecule has 1 aromatic rings. The molecular weight excluding hydrogens is 308 g/mol. The van der Waals surface area contributed by atoms with Crippen molar-refractivity contribution in [1.29, 1.82) is 0 Å². The second-order valence-corrected chi connectivity index (χ2v) is 7.32. The Kier molecular flexibility index (Phi) is 4.25. The van der Waals surface area contributed by atoms with Crippen LogP contribution < -0.4 is 16.0 Å². The summed E-state index contributed by atoms with van der Waals surface area (Å²) < 4.78 is 31.6. The van der Waals surface area contributed by atoms with Gasteiger partial charge in [0, 0.05) is 19.2 Å². The molecule has 11 heteroatoms. The van der Waals surface area contributed by atoms with Gasteiger partial charge in [0.15, 0.2) is 5.00 Å². The molecule has 112 valence electrons. The molecule has 4 N–H and O–H groups in total. The Morgan fingerprint density at radius 1 is 1.55 bits per heavy atom. The summed E-state index contributed by atoms with van der Waals surface area (Å²) in [5.74, 6) is 5.14.